The maximum absolute atomic E-state index is 12.4. The van der Waals surface area contributed by atoms with Crippen molar-refractivity contribution in [2.75, 3.05) is 50.3 Å². The van der Waals surface area contributed by atoms with Crippen LogP contribution in [0.2, 0.25) is 0 Å². The van der Waals surface area contributed by atoms with Gasteiger partial charge in [0, 0.05) is 26.2 Å². The molecule has 0 atom stereocenters. The predicted molar refractivity (Wildman–Crippen MR) is 87.4 cm³/mol. The summed E-state index contributed by atoms with van der Waals surface area (Å²) in [4.78, 5) is 16.3. The number of aryl methyl sites for hydroxylation is 1. The first-order valence-corrected chi connectivity index (χ1v) is 9.13. The van der Waals surface area contributed by atoms with Gasteiger partial charge in [-0.2, -0.15) is 0 Å². The Hall–Kier alpha value is -1.60. The maximum Gasteiger partial charge on any atom is 0.243 e. The van der Waals surface area contributed by atoms with Crippen LogP contribution in [0.5, 0.6) is 0 Å². The van der Waals surface area contributed by atoms with Crippen LogP contribution in [0, 0.1) is 6.92 Å². The predicted octanol–water partition coefficient (Wildman–Crippen LogP) is 0.535. The Labute approximate surface area is 132 Å². The first kappa shape index (κ1) is 16.8. The largest absolute Gasteiger partial charge is 0.339 e. The molecule has 0 aliphatic carbocycles. The lowest BCUT2D eigenvalue weighted by molar-refractivity contribution is -0.131. The van der Waals surface area contributed by atoms with Crippen LogP contribution in [-0.2, 0) is 14.8 Å². The molecule has 0 spiro atoms. The first-order valence-electron chi connectivity index (χ1n) is 7.28. The van der Waals surface area contributed by atoms with E-state index in [0.717, 1.165) is 24.9 Å². The molecule has 1 aromatic rings. The van der Waals surface area contributed by atoms with Crippen LogP contribution in [0.25, 0.3) is 0 Å². The molecule has 1 amide bonds. The molecule has 0 unspecified atom stereocenters. The van der Waals surface area contributed by atoms with Gasteiger partial charge in [-0.3, -0.25) is 9.10 Å². The van der Waals surface area contributed by atoms with Gasteiger partial charge in [0.15, 0.2) is 0 Å². The smallest absolute Gasteiger partial charge is 0.243 e. The van der Waals surface area contributed by atoms with E-state index in [2.05, 4.69) is 4.90 Å². The Morgan fingerprint density at radius 3 is 2.41 bits per heavy atom. The van der Waals surface area contributed by atoms with Gasteiger partial charge in [0.25, 0.3) is 0 Å². The van der Waals surface area contributed by atoms with Crippen LogP contribution in [0.3, 0.4) is 0 Å². The number of rotatable bonds is 4. The van der Waals surface area contributed by atoms with Crippen LogP contribution in [0.4, 0.5) is 5.69 Å². The second kappa shape index (κ2) is 6.66. The molecular formula is C15H23N3O3S. The van der Waals surface area contributed by atoms with Crippen molar-refractivity contribution in [3.63, 3.8) is 0 Å². The second-order valence-electron chi connectivity index (χ2n) is 5.79. The summed E-state index contributed by atoms with van der Waals surface area (Å²) in [6, 6.07) is 7.18. The SMILES string of the molecule is Cc1cccc(N(CC(=O)N2CCN(C)CC2)S(C)(=O)=O)c1. The number of sulfonamides is 1. The highest BCUT2D eigenvalue weighted by molar-refractivity contribution is 7.92. The number of nitrogens with zero attached hydrogens (tertiary/aromatic N) is 3. The Morgan fingerprint density at radius 2 is 1.86 bits per heavy atom. The van der Waals surface area contributed by atoms with Crippen molar-refractivity contribution in [1.29, 1.82) is 0 Å². The normalized spacial score (nSPS) is 16.6. The van der Waals surface area contributed by atoms with E-state index in [9.17, 15) is 13.2 Å². The fraction of sp³-hybridized carbons (Fsp3) is 0.533. The molecule has 0 aromatic heterocycles. The molecule has 0 radical (unpaired) electrons. The molecule has 6 nitrogen and oxygen atoms in total. The monoisotopic (exact) mass is 325 g/mol. The van der Waals surface area contributed by atoms with Gasteiger partial charge in [0.1, 0.15) is 6.54 Å². The zero-order valence-electron chi connectivity index (χ0n) is 13.3. The van der Waals surface area contributed by atoms with E-state index in [1.54, 1.807) is 23.1 Å². The topological polar surface area (TPSA) is 60.9 Å². The van der Waals surface area contributed by atoms with Gasteiger partial charge < -0.3 is 9.80 Å². The third kappa shape index (κ3) is 4.20. The maximum atomic E-state index is 12.4. The Balaban J connectivity index is 2.16. The number of hydrogen-bond acceptors (Lipinski definition) is 4. The summed E-state index contributed by atoms with van der Waals surface area (Å²) >= 11 is 0. The van der Waals surface area contributed by atoms with Crippen LogP contribution in [0.15, 0.2) is 24.3 Å². The van der Waals surface area contributed by atoms with Crippen molar-refractivity contribution in [3.05, 3.63) is 29.8 Å². The third-order valence-corrected chi connectivity index (χ3v) is 4.97. The number of hydrogen-bond donors (Lipinski definition) is 0. The van der Waals surface area contributed by atoms with E-state index in [0.29, 0.717) is 18.8 Å². The van der Waals surface area contributed by atoms with E-state index >= 15 is 0 Å². The number of amides is 1. The number of piperazine rings is 1. The standard InChI is InChI=1S/C15H23N3O3S/c1-13-5-4-6-14(11-13)18(22(3,20)21)12-15(19)17-9-7-16(2)8-10-17/h4-6,11H,7-10,12H2,1-3H3. The molecule has 1 heterocycles. The fourth-order valence-corrected chi connectivity index (χ4v) is 3.30. The fourth-order valence-electron chi connectivity index (χ4n) is 2.46. The highest BCUT2D eigenvalue weighted by Crippen LogP contribution is 2.19. The summed E-state index contributed by atoms with van der Waals surface area (Å²) < 4.78 is 25.3. The molecule has 1 saturated heterocycles. The lowest BCUT2D eigenvalue weighted by Crippen LogP contribution is -2.50. The van der Waals surface area contributed by atoms with Crippen molar-refractivity contribution < 1.29 is 13.2 Å². The van der Waals surface area contributed by atoms with E-state index in [1.807, 2.05) is 20.0 Å². The zero-order chi connectivity index (χ0) is 16.3. The molecule has 1 aliphatic rings. The highest BCUT2D eigenvalue weighted by atomic mass is 32.2. The van der Waals surface area contributed by atoms with Gasteiger partial charge in [-0.05, 0) is 31.7 Å². The Bertz CT molecular complexity index is 637. The molecule has 22 heavy (non-hydrogen) atoms. The average Bonchev–Trinajstić information content (AvgIpc) is 2.44. The summed E-state index contributed by atoms with van der Waals surface area (Å²) in [6.45, 7) is 4.66. The lowest BCUT2D eigenvalue weighted by atomic mass is 10.2. The number of carbonyl (C=O) groups excluding carboxylic acids is 1. The molecule has 0 bridgehead atoms. The minimum Gasteiger partial charge on any atom is -0.339 e. The second-order valence-corrected chi connectivity index (χ2v) is 7.70. The summed E-state index contributed by atoms with van der Waals surface area (Å²) in [5, 5.41) is 0. The first-order chi connectivity index (χ1) is 10.3. The molecular weight excluding hydrogens is 302 g/mol. The molecule has 1 aromatic carbocycles. The van der Waals surface area contributed by atoms with Crippen LogP contribution >= 0.6 is 0 Å². The summed E-state index contributed by atoms with van der Waals surface area (Å²) in [5.41, 5.74) is 1.49. The third-order valence-electron chi connectivity index (χ3n) is 3.82. The van der Waals surface area contributed by atoms with Crippen molar-refractivity contribution in [1.82, 2.24) is 9.80 Å². The highest BCUT2D eigenvalue weighted by Gasteiger charge is 2.25. The molecule has 7 heteroatoms. The van der Waals surface area contributed by atoms with Gasteiger partial charge in [0.05, 0.1) is 11.9 Å². The summed E-state index contributed by atoms with van der Waals surface area (Å²) in [5.74, 6) is -0.153. The van der Waals surface area contributed by atoms with Gasteiger partial charge in [0.2, 0.25) is 15.9 Å². The number of benzene rings is 1. The van der Waals surface area contributed by atoms with Gasteiger partial charge in [-0.25, -0.2) is 8.42 Å². The van der Waals surface area contributed by atoms with Crippen molar-refractivity contribution in [3.8, 4) is 0 Å². The molecule has 0 saturated carbocycles. The van der Waals surface area contributed by atoms with Crippen LogP contribution in [-0.4, -0.2) is 70.2 Å². The number of likely N-dealkylation sites (N-methyl/N-ethyl adjacent to an activating group) is 1. The van der Waals surface area contributed by atoms with Gasteiger partial charge in [-0.1, -0.05) is 12.1 Å². The van der Waals surface area contributed by atoms with Crippen molar-refractivity contribution >= 4 is 21.6 Å². The average molecular weight is 325 g/mol. The zero-order valence-corrected chi connectivity index (χ0v) is 14.1. The van der Waals surface area contributed by atoms with E-state index in [1.165, 1.54) is 4.31 Å². The van der Waals surface area contributed by atoms with Gasteiger partial charge in [-0.15, -0.1) is 0 Å². The summed E-state index contributed by atoms with van der Waals surface area (Å²) in [6.07, 6.45) is 1.13. The summed E-state index contributed by atoms with van der Waals surface area (Å²) in [7, 11) is -1.49. The van der Waals surface area contributed by atoms with E-state index in [-0.39, 0.29) is 12.5 Å². The molecule has 2 rings (SSSR count). The minimum absolute atomic E-state index is 0.147. The van der Waals surface area contributed by atoms with E-state index < -0.39 is 10.0 Å². The van der Waals surface area contributed by atoms with Crippen LogP contribution < -0.4 is 4.31 Å². The quantitative estimate of drug-likeness (QED) is 0.810. The lowest BCUT2D eigenvalue weighted by Gasteiger charge is -2.34. The Morgan fingerprint density at radius 1 is 1.23 bits per heavy atom. The Kier molecular flexibility index (Phi) is 5.08. The minimum atomic E-state index is -3.50. The van der Waals surface area contributed by atoms with Crippen molar-refractivity contribution in [2.24, 2.45) is 0 Å². The van der Waals surface area contributed by atoms with Crippen LogP contribution in [0.1, 0.15) is 5.56 Å². The van der Waals surface area contributed by atoms with E-state index in [4.69, 9.17) is 0 Å². The molecule has 1 fully saturated rings. The molecule has 1 aliphatic heterocycles. The molecule has 122 valence electrons. The van der Waals surface area contributed by atoms with Gasteiger partial charge >= 0.3 is 0 Å². The number of anilines is 1. The number of carbonyl (C=O) groups is 1. The van der Waals surface area contributed by atoms with Crippen molar-refractivity contribution in [2.45, 2.75) is 6.92 Å². The molecule has 0 N–H and O–H groups in total.